The molecule has 0 radical (unpaired) electrons. The minimum atomic E-state index is 0.614. The molecule has 3 heteroatoms. The summed E-state index contributed by atoms with van der Waals surface area (Å²) in [5.41, 5.74) is 8.41. The van der Waals surface area contributed by atoms with Crippen molar-refractivity contribution in [2.24, 2.45) is 0 Å². The number of hydrogen-bond acceptors (Lipinski definition) is 3. The van der Waals surface area contributed by atoms with Crippen molar-refractivity contribution >= 4 is 16.7 Å². The normalized spacial score (nSPS) is 16.6. The van der Waals surface area contributed by atoms with Gasteiger partial charge in [-0.3, -0.25) is 0 Å². The molecular formula is C10H10N2O. The van der Waals surface area contributed by atoms with Crippen LogP contribution in [0.1, 0.15) is 24.5 Å². The number of nitrogens with two attached hydrogens (primary N) is 1. The Morgan fingerprint density at radius 3 is 3.00 bits per heavy atom. The fourth-order valence-corrected chi connectivity index (χ4v) is 1.63. The molecular weight excluding hydrogens is 164 g/mol. The van der Waals surface area contributed by atoms with Gasteiger partial charge in [-0.2, -0.15) is 0 Å². The summed E-state index contributed by atoms with van der Waals surface area (Å²) in [6, 6.07) is 5.66. The summed E-state index contributed by atoms with van der Waals surface area (Å²) in [5, 5.41) is 5.15. The summed E-state index contributed by atoms with van der Waals surface area (Å²) in [6.45, 7) is 0. The van der Waals surface area contributed by atoms with E-state index in [1.165, 1.54) is 12.8 Å². The molecule has 1 saturated carbocycles. The topological polar surface area (TPSA) is 52.0 Å². The van der Waals surface area contributed by atoms with Gasteiger partial charge in [0.25, 0.3) is 0 Å². The van der Waals surface area contributed by atoms with E-state index in [9.17, 15) is 0 Å². The molecule has 3 nitrogen and oxygen atoms in total. The van der Waals surface area contributed by atoms with Gasteiger partial charge in [-0.05, 0) is 31.0 Å². The maximum Gasteiger partial charge on any atom is 0.167 e. The van der Waals surface area contributed by atoms with Crippen LogP contribution in [0.4, 0.5) is 5.69 Å². The number of benzene rings is 1. The molecule has 1 aromatic heterocycles. The highest BCUT2D eigenvalue weighted by molar-refractivity contribution is 5.83. The average Bonchev–Trinajstić information content (AvgIpc) is 2.87. The number of fused-ring (bicyclic) bond motifs is 1. The highest BCUT2D eigenvalue weighted by Crippen LogP contribution is 2.42. The van der Waals surface area contributed by atoms with E-state index < -0.39 is 0 Å². The van der Waals surface area contributed by atoms with Crippen molar-refractivity contribution in [2.75, 3.05) is 5.73 Å². The molecule has 3 rings (SSSR count). The van der Waals surface area contributed by atoms with Crippen molar-refractivity contribution in [3.8, 4) is 0 Å². The van der Waals surface area contributed by atoms with Gasteiger partial charge in [0, 0.05) is 17.0 Å². The van der Waals surface area contributed by atoms with Gasteiger partial charge in [-0.1, -0.05) is 5.16 Å². The molecule has 0 spiro atoms. The zero-order chi connectivity index (χ0) is 8.84. The van der Waals surface area contributed by atoms with Crippen LogP contribution in [0.15, 0.2) is 22.7 Å². The summed E-state index contributed by atoms with van der Waals surface area (Å²) in [4.78, 5) is 0. The van der Waals surface area contributed by atoms with E-state index in [0.29, 0.717) is 5.92 Å². The van der Waals surface area contributed by atoms with E-state index in [1.54, 1.807) is 0 Å². The van der Waals surface area contributed by atoms with Crippen LogP contribution in [0.2, 0.25) is 0 Å². The maximum atomic E-state index is 5.70. The second kappa shape index (κ2) is 2.25. The Balaban J connectivity index is 2.29. The number of nitrogen functional groups attached to an aromatic ring is 1. The minimum absolute atomic E-state index is 0.614. The molecule has 13 heavy (non-hydrogen) atoms. The van der Waals surface area contributed by atoms with Gasteiger partial charge >= 0.3 is 0 Å². The van der Waals surface area contributed by atoms with Crippen LogP contribution < -0.4 is 5.73 Å². The Kier molecular flexibility index (Phi) is 1.20. The van der Waals surface area contributed by atoms with E-state index in [-0.39, 0.29) is 0 Å². The summed E-state index contributed by atoms with van der Waals surface area (Å²) in [6.07, 6.45) is 2.47. The summed E-state index contributed by atoms with van der Waals surface area (Å²) < 4.78 is 5.20. The largest absolute Gasteiger partial charge is 0.399 e. The third-order valence-corrected chi connectivity index (χ3v) is 2.49. The summed E-state index contributed by atoms with van der Waals surface area (Å²) >= 11 is 0. The van der Waals surface area contributed by atoms with Crippen molar-refractivity contribution < 1.29 is 4.52 Å². The second-order valence-electron chi connectivity index (χ2n) is 3.60. The first-order chi connectivity index (χ1) is 6.34. The van der Waals surface area contributed by atoms with Crippen molar-refractivity contribution in [1.29, 1.82) is 0 Å². The molecule has 0 aliphatic heterocycles. The van der Waals surface area contributed by atoms with E-state index in [0.717, 1.165) is 22.4 Å². The highest BCUT2D eigenvalue weighted by Gasteiger charge is 2.28. The summed E-state index contributed by atoms with van der Waals surface area (Å²) in [5.74, 6) is 0.614. The quantitative estimate of drug-likeness (QED) is 0.675. The van der Waals surface area contributed by atoms with Crippen LogP contribution in [-0.2, 0) is 0 Å². The average molecular weight is 174 g/mol. The molecule has 1 fully saturated rings. The lowest BCUT2D eigenvalue weighted by molar-refractivity contribution is 0.446. The first-order valence-corrected chi connectivity index (χ1v) is 4.49. The van der Waals surface area contributed by atoms with Crippen molar-refractivity contribution in [3.63, 3.8) is 0 Å². The maximum absolute atomic E-state index is 5.70. The van der Waals surface area contributed by atoms with Crippen LogP contribution in [0.25, 0.3) is 11.0 Å². The standard InChI is InChI=1S/C10H10N2O/c11-7-3-4-9-8(5-7)10(12-13-9)6-1-2-6/h3-6H,1-2,11H2. The highest BCUT2D eigenvalue weighted by atomic mass is 16.5. The fourth-order valence-electron chi connectivity index (χ4n) is 1.63. The zero-order valence-electron chi connectivity index (χ0n) is 7.16. The Bertz CT molecular complexity index is 457. The molecule has 2 aromatic rings. The van der Waals surface area contributed by atoms with Gasteiger partial charge in [-0.15, -0.1) is 0 Å². The predicted molar refractivity (Wildman–Crippen MR) is 50.4 cm³/mol. The lowest BCUT2D eigenvalue weighted by Gasteiger charge is -1.92. The molecule has 0 saturated heterocycles. The number of aromatic nitrogens is 1. The van der Waals surface area contributed by atoms with Crippen LogP contribution in [0.5, 0.6) is 0 Å². The van der Waals surface area contributed by atoms with Gasteiger partial charge in [0.2, 0.25) is 0 Å². The molecule has 1 heterocycles. The number of hydrogen-bond donors (Lipinski definition) is 1. The molecule has 1 aliphatic rings. The Morgan fingerprint density at radius 1 is 1.38 bits per heavy atom. The third-order valence-electron chi connectivity index (χ3n) is 2.49. The van der Waals surface area contributed by atoms with E-state index in [1.807, 2.05) is 18.2 Å². The van der Waals surface area contributed by atoms with Crippen LogP contribution in [-0.4, -0.2) is 5.16 Å². The van der Waals surface area contributed by atoms with E-state index in [4.69, 9.17) is 10.3 Å². The van der Waals surface area contributed by atoms with Crippen LogP contribution in [0.3, 0.4) is 0 Å². The van der Waals surface area contributed by atoms with Gasteiger partial charge in [0.15, 0.2) is 5.58 Å². The zero-order valence-corrected chi connectivity index (χ0v) is 7.16. The minimum Gasteiger partial charge on any atom is -0.399 e. The molecule has 1 aliphatic carbocycles. The monoisotopic (exact) mass is 174 g/mol. The first-order valence-electron chi connectivity index (χ1n) is 4.49. The smallest absolute Gasteiger partial charge is 0.167 e. The lowest BCUT2D eigenvalue weighted by Crippen LogP contribution is -1.84. The fraction of sp³-hybridized carbons (Fsp3) is 0.300. The van der Waals surface area contributed by atoms with Crippen molar-refractivity contribution in [3.05, 3.63) is 23.9 Å². The van der Waals surface area contributed by atoms with E-state index in [2.05, 4.69) is 5.16 Å². The molecule has 1 aromatic carbocycles. The van der Waals surface area contributed by atoms with Gasteiger partial charge in [0.1, 0.15) is 0 Å². The molecule has 2 N–H and O–H groups in total. The van der Waals surface area contributed by atoms with Crippen molar-refractivity contribution in [1.82, 2.24) is 5.16 Å². The van der Waals surface area contributed by atoms with Crippen LogP contribution in [0, 0.1) is 0 Å². The summed E-state index contributed by atoms with van der Waals surface area (Å²) in [7, 11) is 0. The first kappa shape index (κ1) is 6.95. The number of anilines is 1. The predicted octanol–water partition coefficient (Wildman–Crippen LogP) is 2.29. The van der Waals surface area contributed by atoms with Gasteiger partial charge in [0.05, 0.1) is 5.69 Å². The SMILES string of the molecule is Nc1ccc2onc(C3CC3)c2c1. The number of rotatable bonds is 1. The molecule has 0 atom stereocenters. The Labute approximate surface area is 75.5 Å². The lowest BCUT2D eigenvalue weighted by atomic mass is 10.1. The Hall–Kier alpha value is -1.51. The van der Waals surface area contributed by atoms with Gasteiger partial charge < -0.3 is 10.3 Å². The second-order valence-corrected chi connectivity index (χ2v) is 3.60. The number of nitrogens with zero attached hydrogens (tertiary/aromatic N) is 1. The van der Waals surface area contributed by atoms with Gasteiger partial charge in [-0.25, -0.2) is 0 Å². The molecule has 0 unspecified atom stereocenters. The van der Waals surface area contributed by atoms with Crippen LogP contribution >= 0.6 is 0 Å². The van der Waals surface area contributed by atoms with E-state index >= 15 is 0 Å². The molecule has 66 valence electrons. The third kappa shape index (κ3) is 1.00. The molecule has 0 amide bonds. The molecule has 0 bridgehead atoms. The Morgan fingerprint density at radius 2 is 2.23 bits per heavy atom. The van der Waals surface area contributed by atoms with Crippen molar-refractivity contribution in [2.45, 2.75) is 18.8 Å².